The summed E-state index contributed by atoms with van der Waals surface area (Å²) < 4.78 is 0. The summed E-state index contributed by atoms with van der Waals surface area (Å²) in [6, 6.07) is -0.00608. The van der Waals surface area contributed by atoms with E-state index < -0.39 is 0 Å². The van der Waals surface area contributed by atoms with Crippen molar-refractivity contribution in [3.8, 4) is 0 Å². The van der Waals surface area contributed by atoms with Crippen LogP contribution in [0.25, 0.3) is 0 Å². The molecule has 7 nitrogen and oxygen atoms in total. The Hall–Kier alpha value is -1.34. The number of hydrogen-bond donors (Lipinski definition) is 1. The van der Waals surface area contributed by atoms with Crippen LogP contribution in [0.3, 0.4) is 0 Å². The first-order chi connectivity index (χ1) is 12.1. The topological polar surface area (TPSA) is 54.4 Å². The SMILES string of the molecule is CCN(C)CCNC(=NC)N1CCN(C(C)C(=O)N2CCCC2)CC1. The molecule has 2 saturated heterocycles. The average Bonchev–Trinajstić information content (AvgIpc) is 3.18. The molecule has 0 spiro atoms. The number of carbonyl (C=O) groups excluding carboxylic acids is 1. The molecule has 2 aliphatic heterocycles. The van der Waals surface area contributed by atoms with Crippen LogP contribution in [0, 0.1) is 0 Å². The summed E-state index contributed by atoms with van der Waals surface area (Å²) in [5.74, 6) is 1.28. The smallest absolute Gasteiger partial charge is 0.239 e. The van der Waals surface area contributed by atoms with E-state index in [1.807, 2.05) is 11.9 Å². The van der Waals surface area contributed by atoms with Gasteiger partial charge >= 0.3 is 0 Å². The lowest BCUT2D eigenvalue weighted by atomic mass is 10.2. The molecule has 144 valence electrons. The Labute approximate surface area is 153 Å². The van der Waals surface area contributed by atoms with Gasteiger partial charge in [-0.2, -0.15) is 0 Å². The number of guanidine groups is 1. The van der Waals surface area contributed by atoms with Gasteiger partial charge in [-0.25, -0.2) is 0 Å². The molecule has 1 N–H and O–H groups in total. The maximum Gasteiger partial charge on any atom is 0.239 e. The van der Waals surface area contributed by atoms with Crippen LogP contribution in [0.15, 0.2) is 4.99 Å². The molecule has 25 heavy (non-hydrogen) atoms. The van der Waals surface area contributed by atoms with E-state index in [0.29, 0.717) is 5.91 Å². The zero-order valence-electron chi connectivity index (χ0n) is 16.5. The Balaban J connectivity index is 1.76. The van der Waals surface area contributed by atoms with Gasteiger partial charge in [0.2, 0.25) is 5.91 Å². The molecule has 0 bridgehead atoms. The molecule has 0 aliphatic carbocycles. The van der Waals surface area contributed by atoms with Gasteiger partial charge in [-0.05, 0) is 33.4 Å². The Kier molecular flexibility index (Phi) is 7.96. The lowest BCUT2D eigenvalue weighted by Crippen LogP contribution is -2.57. The first-order valence-electron chi connectivity index (χ1n) is 9.73. The van der Waals surface area contributed by atoms with Crippen molar-refractivity contribution < 1.29 is 4.79 Å². The van der Waals surface area contributed by atoms with E-state index in [0.717, 1.165) is 77.7 Å². The second kappa shape index (κ2) is 9.97. The molecule has 0 aromatic heterocycles. The van der Waals surface area contributed by atoms with Crippen LogP contribution in [0.5, 0.6) is 0 Å². The Morgan fingerprint density at radius 1 is 1.12 bits per heavy atom. The van der Waals surface area contributed by atoms with Gasteiger partial charge in [0.25, 0.3) is 0 Å². The summed E-state index contributed by atoms with van der Waals surface area (Å²) >= 11 is 0. The molecule has 1 amide bonds. The lowest BCUT2D eigenvalue weighted by molar-refractivity contribution is -0.135. The molecule has 7 heteroatoms. The molecule has 1 atom stereocenters. The quantitative estimate of drug-likeness (QED) is 0.544. The van der Waals surface area contributed by atoms with Crippen molar-refractivity contribution >= 4 is 11.9 Å². The highest BCUT2D eigenvalue weighted by Gasteiger charge is 2.30. The maximum atomic E-state index is 12.6. The third-order valence-electron chi connectivity index (χ3n) is 5.46. The molecule has 0 radical (unpaired) electrons. The van der Waals surface area contributed by atoms with E-state index in [9.17, 15) is 4.79 Å². The maximum absolute atomic E-state index is 12.6. The lowest BCUT2D eigenvalue weighted by Gasteiger charge is -2.39. The van der Waals surface area contributed by atoms with Gasteiger partial charge in [0.05, 0.1) is 6.04 Å². The fourth-order valence-corrected chi connectivity index (χ4v) is 3.53. The standard InChI is InChI=1S/C18H36N6O/c1-5-21(4)11-8-20-18(19-3)24-14-12-22(13-15-24)16(2)17(25)23-9-6-7-10-23/h16H,5-15H2,1-4H3,(H,19,20). The summed E-state index contributed by atoms with van der Waals surface area (Å²) in [6.45, 7) is 12.7. The van der Waals surface area contributed by atoms with Crippen molar-refractivity contribution in [3.05, 3.63) is 0 Å². The molecule has 0 aromatic carbocycles. The number of nitrogens with one attached hydrogen (secondary N) is 1. The fourth-order valence-electron chi connectivity index (χ4n) is 3.53. The van der Waals surface area contributed by atoms with E-state index in [1.165, 1.54) is 0 Å². The first kappa shape index (κ1) is 20.0. The van der Waals surface area contributed by atoms with Crippen molar-refractivity contribution in [2.75, 3.05) is 73.0 Å². The number of rotatable bonds is 6. The third-order valence-corrected chi connectivity index (χ3v) is 5.46. The number of aliphatic imine (C=N–C) groups is 1. The number of carbonyl (C=O) groups is 1. The van der Waals surface area contributed by atoms with E-state index in [4.69, 9.17) is 0 Å². The van der Waals surface area contributed by atoms with Crippen molar-refractivity contribution in [2.45, 2.75) is 32.7 Å². The second-order valence-electron chi connectivity index (χ2n) is 7.10. The van der Waals surface area contributed by atoms with E-state index in [-0.39, 0.29) is 6.04 Å². The highest BCUT2D eigenvalue weighted by atomic mass is 16.2. The summed E-state index contributed by atoms with van der Waals surface area (Å²) in [7, 11) is 3.97. The van der Waals surface area contributed by atoms with Crippen molar-refractivity contribution in [2.24, 2.45) is 4.99 Å². The van der Waals surface area contributed by atoms with Gasteiger partial charge in [0, 0.05) is 59.4 Å². The number of amides is 1. The highest BCUT2D eigenvalue weighted by molar-refractivity contribution is 5.82. The molecule has 0 aromatic rings. The number of nitrogens with zero attached hydrogens (tertiary/aromatic N) is 5. The normalized spacial score (nSPS) is 21.1. The minimum Gasteiger partial charge on any atom is -0.355 e. The van der Waals surface area contributed by atoms with Crippen molar-refractivity contribution in [1.82, 2.24) is 24.9 Å². The van der Waals surface area contributed by atoms with E-state index in [2.05, 4.69) is 45.9 Å². The zero-order valence-corrected chi connectivity index (χ0v) is 16.5. The van der Waals surface area contributed by atoms with Crippen LogP contribution in [-0.2, 0) is 4.79 Å². The monoisotopic (exact) mass is 352 g/mol. The van der Waals surface area contributed by atoms with Gasteiger partial charge in [-0.1, -0.05) is 6.92 Å². The van der Waals surface area contributed by atoms with Crippen LogP contribution in [-0.4, -0.2) is 111 Å². The second-order valence-corrected chi connectivity index (χ2v) is 7.10. The predicted molar refractivity (Wildman–Crippen MR) is 103 cm³/mol. The van der Waals surface area contributed by atoms with E-state index in [1.54, 1.807) is 0 Å². The summed E-state index contributed by atoms with van der Waals surface area (Å²) in [5.41, 5.74) is 0. The van der Waals surface area contributed by atoms with Crippen LogP contribution in [0.4, 0.5) is 0 Å². The fraction of sp³-hybridized carbons (Fsp3) is 0.889. The summed E-state index contributed by atoms with van der Waals surface area (Å²) in [5, 5.41) is 3.46. The van der Waals surface area contributed by atoms with Gasteiger partial charge in [-0.3, -0.25) is 14.7 Å². The molecule has 1 unspecified atom stereocenters. The molecule has 0 saturated carbocycles. The average molecular weight is 353 g/mol. The van der Waals surface area contributed by atoms with Crippen LogP contribution >= 0.6 is 0 Å². The Bertz CT molecular complexity index is 441. The van der Waals surface area contributed by atoms with E-state index >= 15 is 0 Å². The summed E-state index contributed by atoms with van der Waals surface area (Å²) in [4.78, 5) is 25.9. The highest BCUT2D eigenvalue weighted by Crippen LogP contribution is 2.14. The number of likely N-dealkylation sites (tertiary alicyclic amines) is 1. The molecule has 2 rings (SSSR count). The molecule has 2 fully saturated rings. The Morgan fingerprint density at radius 2 is 1.76 bits per heavy atom. The van der Waals surface area contributed by atoms with Crippen LogP contribution in [0.1, 0.15) is 26.7 Å². The van der Waals surface area contributed by atoms with Gasteiger partial charge in [0.15, 0.2) is 5.96 Å². The zero-order chi connectivity index (χ0) is 18.2. The Morgan fingerprint density at radius 3 is 2.32 bits per heavy atom. The molecular formula is C18H36N6O. The number of likely N-dealkylation sites (N-methyl/N-ethyl adjacent to an activating group) is 1. The van der Waals surface area contributed by atoms with Crippen molar-refractivity contribution in [1.29, 1.82) is 0 Å². The minimum absolute atomic E-state index is 0.00608. The first-order valence-corrected chi connectivity index (χ1v) is 9.73. The largest absolute Gasteiger partial charge is 0.355 e. The molecular weight excluding hydrogens is 316 g/mol. The summed E-state index contributed by atoms with van der Waals surface area (Å²) in [6.07, 6.45) is 2.31. The van der Waals surface area contributed by atoms with Crippen LogP contribution < -0.4 is 5.32 Å². The molecule has 2 aliphatic rings. The number of hydrogen-bond acceptors (Lipinski definition) is 4. The van der Waals surface area contributed by atoms with Crippen LogP contribution in [0.2, 0.25) is 0 Å². The molecule has 2 heterocycles. The van der Waals surface area contributed by atoms with Gasteiger partial charge in [0.1, 0.15) is 0 Å². The third kappa shape index (κ3) is 5.57. The van der Waals surface area contributed by atoms with Crippen molar-refractivity contribution in [3.63, 3.8) is 0 Å². The predicted octanol–water partition coefficient (Wildman–Crippen LogP) is 0.142. The number of piperazine rings is 1. The van der Waals surface area contributed by atoms with Gasteiger partial charge < -0.3 is 20.0 Å². The minimum atomic E-state index is -0.00608. The van der Waals surface area contributed by atoms with Gasteiger partial charge in [-0.15, -0.1) is 0 Å².